The van der Waals surface area contributed by atoms with Crippen LogP contribution in [0.5, 0.6) is 0 Å². The molecule has 0 N–H and O–H groups in total. The molecule has 1 heterocycles. The molecule has 1 aromatic carbocycles. The van der Waals surface area contributed by atoms with Crippen LogP contribution in [0.3, 0.4) is 0 Å². The van der Waals surface area contributed by atoms with Gasteiger partial charge in [0.2, 0.25) is 0 Å². The predicted octanol–water partition coefficient (Wildman–Crippen LogP) is 3.25. The zero-order chi connectivity index (χ0) is 10.8. The maximum Gasteiger partial charge on any atom is 0.0214 e. The number of rotatable bonds is 4. The maximum atomic E-state index is 2.76. The summed E-state index contributed by atoms with van der Waals surface area (Å²) in [7, 11) is 0. The van der Waals surface area contributed by atoms with E-state index < -0.39 is 0 Å². The van der Waals surface area contributed by atoms with Gasteiger partial charge in [0, 0.05) is 5.54 Å². The minimum absolute atomic E-state index is 0.617. The second kappa shape index (κ2) is 4.21. The lowest BCUT2D eigenvalue weighted by Crippen LogP contribution is -2.35. The Morgan fingerprint density at radius 3 is 2.31 bits per heavy atom. The number of nitrogens with zero attached hydrogens (tertiary/aromatic N) is 1. The lowest BCUT2D eigenvalue weighted by atomic mass is 10.0. The molecule has 0 bridgehead atoms. The van der Waals surface area contributed by atoms with Gasteiger partial charge in [-0.25, -0.2) is 0 Å². The van der Waals surface area contributed by atoms with Crippen molar-refractivity contribution in [3.63, 3.8) is 0 Å². The van der Waals surface area contributed by atoms with E-state index in [0.717, 1.165) is 0 Å². The molecule has 86 valence electrons. The molecule has 3 rings (SSSR count). The topological polar surface area (TPSA) is 3.24 Å². The largest absolute Gasteiger partial charge is 0.298 e. The quantitative estimate of drug-likeness (QED) is 0.745. The standard InChI is InChI=1S/C15H21N/c1-2-6-14(7-3-1)8-9-15(10-11-15)16-12-4-5-13-16/h1-3,6-7H,4-5,8-13H2. The first-order chi connectivity index (χ1) is 7.89. The zero-order valence-corrected chi connectivity index (χ0v) is 9.99. The van der Waals surface area contributed by atoms with Crippen LogP contribution >= 0.6 is 0 Å². The van der Waals surface area contributed by atoms with Gasteiger partial charge in [-0.05, 0) is 57.2 Å². The maximum absolute atomic E-state index is 2.76. The first-order valence-electron chi connectivity index (χ1n) is 6.68. The average molecular weight is 215 g/mol. The highest BCUT2D eigenvalue weighted by atomic mass is 15.2. The third-order valence-electron chi connectivity index (χ3n) is 4.33. The molecule has 2 fully saturated rings. The Bertz CT molecular complexity index is 334. The molecule has 2 aliphatic rings. The lowest BCUT2D eigenvalue weighted by molar-refractivity contribution is 0.209. The molecule has 1 saturated heterocycles. The third-order valence-corrected chi connectivity index (χ3v) is 4.33. The first-order valence-corrected chi connectivity index (χ1v) is 6.68. The van der Waals surface area contributed by atoms with E-state index in [4.69, 9.17) is 0 Å². The number of benzene rings is 1. The highest BCUT2D eigenvalue weighted by Gasteiger charge is 2.47. The van der Waals surface area contributed by atoms with Crippen LogP contribution in [0.1, 0.15) is 37.7 Å². The Morgan fingerprint density at radius 1 is 1.00 bits per heavy atom. The fourth-order valence-corrected chi connectivity index (χ4v) is 3.08. The van der Waals surface area contributed by atoms with Gasteiger partial charge in [0.25, 0.3) is 0 Å². The molecule has 16 heavy (non-hydrogen) atoms. The minimum Gasteiger partial charge on any atom is -0.298 e. The third kappa shape index (κ3) is 2.01. The molecule has 1 nitrogen and oxygen atoms in total. The van der Waals surface area contributed by atoms with E-state index >= 15 is 0 Å². The van der Waals surface area contributed by atoms with Crippen molar-refractivity contribution in [2.24, 2.45) is 0 Å². The van der Waals surface area contributed by atoms with E-state index in [1.54, 1.807) is 0 Å². The molecular weight excluding hydrogens is 194 g/mol. The molecule has 0 aromatic heterocycles. The second-order valence-corrected chi connectivity index (χ2v) is 5.40. The van der Waals surface area contributed by atoms with Crippen molar-refractivity contribution >= 4 is 0 Å². The van der Waals surface area contributed by atoms with Gasteiger partial charge in [0.1, 0.15) is 0 Å². The monoisotopic (exact) mass is 215 g/mol. The van der Waals surface area contributed by atoms with E-state index in [1.165, 1.54) is 57.2 Å². The van der Waals surface area contributed by atoms with Gasteiger partial charge in [0.15, 0.2) is 0 Å². The smallest absolute Gasteiger partial charge is 0.0214 e. The van der Waals surface area contributed by atoms with Gasteiger partial charge in [-0.3, -0.25) is 4.90 Å². The predicted molar refractivity (Wildman–Crippen MR) is 67.5 cm³/mol. The van der Waals surface area contributed by atoms with Gasteiger partial charge in [-0.1, -0.05) is 30.3 Å². The van der Waals surface area contributed by atoms with Gasteiger partial charge >= 0.3 is 0 Å². The Morgan fingerprint density at radius 2 is 1.69 bits per heavy atom. The molecule has 1 saturated carbocycles. The van der Waals surface area contributed by atoms with Crippen LogP contribution in [0.2, 0.25) is 0 Å². The molecule has 1 aromatic rings. The summed E-state index contributed by atoms with van der Waals surface area (Å²) < 4.78 is 0. The highest BCUT2D eigenvalue weighted by Crippen LogP contribution is 2.46. The number of hydrogen-bond donors (Lipinski definition) is 0. The van der Waals surface area contributed by atoms with E-state index in [1.807, 2.05) is 0 Å². The van der Waals surface area contributed by atoms with E-state index in [-0.39, 0.29) is 0 Å². The summed E-state index contributed by atoms with van der Waals surface area (Å²) in [6.45, 7) is 2.71. The average Bonchev–Trinajstić information content (AvgIpc) is 2.92. The van der Waals surface area contributed by atoms with Crippen LogP contribution in [0, 0.1) is 0 Å². The summed E-state index contributed by atoms with van der Waals surface area (Å²) in [6, 6.07) is 11.0. The molecule has 0 spiro atoms. The molecule has 0 unspecified atom stereocenters. The molecule has 0 radical (unpaired) electrons. The van der Waals surface area contributed by atoms with Crippen LogP contribution in [-0.2, 0) is 6.42 Å². The Kier molecular flexibility index (Phi) is 2.72. The van der Waals surface area contributed by atoms with Gasteiger partial charge in [-0.15, -0.1) is 0 Å². The fraction of sp³-hybridized carbons (Fsp3) is 0.600. The summed E-state index contributed by atoms with van der Waals surface area (Å²) in [5.41, 5.74) is 2.12. The van der Waals surface area contributed by atoms with Crippen molar-refractivity contribution in [1.29, 1.82) is 0 Å². The summed E-state index contributed by atoms with van der Waals surface area (Å²) in [4.78, 5) is 2.76. The summed E-state index contributed by atoms with van der Waals surface area (Å²) in [5, 5.41) is 0. The van der Waals surface area contributed by atoms with Crippen LogP contribution in [0.15, 0.2) is 30.3 Å². The molecule has 1 aliphatic heterocycles. The molecule has 0 atom stereocenters. The van der Waals surface area contributed by atoms with E-state index in [2.05, 4.69) is 35.2 Å². The summed E-state index contributed by atoms with van der Waals surface area (Å²) >= 11 is 0. The number of likely N-dealkylation sites (tertiary alicyclic amines) is 1. The van der Waals surface area contributed by atoms with E-state index in [9.17, 15) is 0 Å². The molecule has 0 amide bonds. The molecular formula is C15H21N. The lowest BCUT2D eigenvalue weighted by Gasteiger charge is -2.27. The van der Waals surface area contributed by atoms with Crippen molar-refractivity contribution < 1.29 is 0 Å². The minimum atomic E-state index is 0.617. The zero-order valence-electron chi connectivity index (χ0n) is 9.99. The van der Waals surface area contributed by atoms with Crippen LogP contribution in [-0.4, -0.2) is 23.5 Å². The molecule has 1 aliphatic carbocycles. The van der Waals surface area contributed by atoms with Gasteiger partial charge in [0.05, 0.1) is 0 Å². The van der Waals surface area contributed by atoms with Crippen molar-refractivity contribution in [2.45, 2.75) is 44.1 Å². The van der Waals surface area contributed by atoms with Crippen LogP contribution < -0.4 is 0 Å². The van der Waals surface area contributed by atoms with Crippen molar-refractivity contribution in [3.8, 4) is 0 Å². The number of hydrogen-bond acceptors (Lipinski definition) is 1. The van der Waals surface area contributed by atoms with Gasteiger partial charge in [-0.2, -0.15) is 0 Å². The SMILES string of the molecule is c1ccc(CCC2(N3CCCC3)CC2)cc1. The normalized spacial score (nSPS) is 23.5. The second-order valence-electron chi connectivity index (χ2n) is 5.40. The first kappa shape index (κ1) is 10.3. The Labute approximate surface area is 98.5 Å². The summed E-state index contributed by atoms with van der Waals surface area (Å²) in [5.74, 6) is 0. The van der Waals surface area contributed by atoms with Gasteiger partial charge < -0.3 is 0 Å². The van der Waals surface area contributed by atoms with Crippen LogP contribution in [0.4, 0.5) is 0 Å². The highest BCUT2D eigenvalue weighted by molar-refractivity contribution is 5.17. The Hall–Kier alpha value is -0.820. The summed E-state index contributed by atoms with van der Waals surface area (Å²) in [6.07, 6.45) is 8.37. The fourth-order valence-electron chi connectivity index (χ4n) is 3.08. The van der Waals surface area contributed by atoms with Crippen molar-refractivity contribution in [1.82, 2.24) is 4.90 Å². The van der Waals surface area contributed by atoms with E-state index in [0.29, 0.717) is 5.54 Å². The molecule has 1 heteroatoms. The van der Waals surface area contributed by atoms with Crippen molar-refractivity contribution in [3.05, 3.63) is 35.9 Å². The number of aryl methyl sites for hydroxylation is 1. The van der Waals surface area contributed by atoms with Crippen LogP contribution in [0.25, 0.3) is 0 Å². The van der Waals surface area contributed by atoms with Crippen molar-refractivity contribution in [2.75, 3.05) is 13.1 Å². The Balaban J connectivity index is 1.58.